The second-order valence-electron chi connectivity index (χ2n) is 6.17. The average Bonchev–Trinajstić information content (AvgIpc) is 2.59. The Bertz CT molecular complexity index is 634. The van der Waals surface area contributed by atoms with Crippen LogP contribution in [-0.2, 0) is 4.74 Å². The quantitative estimate of drug-likeness (QED) is 0.310. The smallest absolute Gasteiger partial charge is 0.207 e. The number of nitrogens with two attached hydrogens (primary N) is 2. The summed E-state index contributed by atoms with van der Waals surface area (Å²) in [5.41, 5.74) is 13.0. The van der Waals surface area contributed by atoms with Crippen molar-refractivity contribution >= 4 is 17.2 Å². The Balaban J connectivity index is 2.47. The van der Waals surface area contributed by atoms with E-state index in [0.29, 0.717) is 29.3 Å². The predicted octanol–water partition coefficient (Wildman–Crippen LogP) is 2.92. The van der Waals surface area contributed by atoms with Crippen LogP contribution in [0.25, 0.3) is 5.57 Å². The minimum absolute atomic E-state index is 0.122. The van der Waals surface area contributed by atoms with Crippen LogP contribution in [0.15, 0.2) is 35.9 Å². The van der Waals surface area contributed by atoms with Crippen molar-refractivity contribution < 1.29 is 9.13 Å². The summed E-state index contributed by atoms with van der Waals surface area (Å²) in [5.74, 6) is -0.246. The van der Waals surface area contributed by atoms with Crippen molar-refractivity contribution in [3.63, 3.8) is 0 Å². The molecule has 0 saturated heterocycles. The van der Waals surface area contributed by atoms with E-state index in [1.165, 1.54) is 12.1 Å². The molecule has 0 amide bonds. The highest BCUT2D eigenvalue weighted by molar-refractivity contribution is 6.30. The van der Waals surface area contributed by atoms with Crippen LogP contribution in [0.3, 0.4) is 0 Å². The lowest BCUT2D eigenvalue weighted by molar-refractivity contribution is 0.205. The zero-order valence-corrected chi connectivity index (χ0v) is 16.6. The van der Waals surface area contributed by atoms with Crippen LogP contribution in [0.1, 0.15) is 25.8 Å². The van der Waals surface area contributed by atoms with Gasteiger partial charge < -0.3 is 26.4 Å². The lowest BCUT2D eigenvalue weighted by atomic mass is 10.1. The fraction of sp³-hybridized carbons (Fsp3) is 0.474. The third-order valence-electron chi connectivity index (χ3n) is 3.82. The number of hydrogen-bond acceptors (Lipinski definition) is 5. The number of allylic oxidation sites excluding steroid dienone is 2. The van der Waals surface area contributed by atoms with Crippen molar-refractivity contribution in [2.24, 2.45) is 11.5 Å². The predicted molar refractivity (Wildman–Crippen MR) is 107 cm³/mol. The molecule has 0 heterocycles. The maximum absolute atomic E-state index is 13.9. The molecule has 0 radical (unpaired) electrons. The van der Waals surface area contributed by atoms with E-state index < -0.39 is 0 Å². The summed E-state index contributed by atoms with van der Waals surface area (Å²) in [5, 5.41) is 3.74. The van der Waals surface area contributed by atoms with Gasteiger partial charge in [-0.1, -0.05) is 18.5 Å². The minimum atomic E-state index is -0.368. The molecule has 5 N–H and O–H groups in total. The zero-order chi connectivity index (χ0) is 19.5. The van der Waals surface area contributed by atoms with Crippen LogP contribution >= 0.6 is 11.6 Å². The van der Waals surface area contributed by atoms with Crippen molar-refractivity contribution in [3.8, 4) is 0 Å². The third-order valence-corrected chi connectivity index (χ3v) is 4.06. The number of halogens is 2. The first-order valence-corrected chi connectivity index (χ1v) is 9.14. The minimum Gasteiger partial charge on any atom is -0.477 e. The topological polar surface area (TPSA) is 76.5 Å². The lowest BCUT2D eigenvalue weighted by Gasteiger charge is -2.15. The number of likely N-dealkylation sites (N-methyl/N-ethyl adjacent to an activating group) is 1. The van der Waals surface area contributed by atoms with Crippen molar-refractivity contribution in [1.82, 2.24) is 10.2 Å². The molecule has 26 heavy (non-hydrogen) atoms. The van der Waals surface area contributed by atoms with Gasteiger partial charge in [-0.15, -0.1) is 0 Å². The Morgan fingerprint density at radius 1 is 1.31 bits per heavy atom. The Morgan fingerprint density at radius 3 is 2.73 bits per heavy atom. The van der Waals surface area contributed by atoms with Gasteiger partial charge in [-0.3, -0.25) is 0 Å². The van der Waals surface area contributed by atoms with Crippen molar-refractivity contribution in [2.45, 2.75) is 20.3 Å². The monoisotopic (exact) mass is 384 g/mol. The molecule has 7 heteroatoms. The molecule has 0 fully saturated rings. The highest BCUT2D eigenvalue weighted by Crippen LogP contribution is 2.22. The number of benzene rings is 1. The molecule has 0 saturated carbocycles. The molecule has 1 aromatic carbocycles. The van der Waals surface area contributed by atoms with E-state index in [9.17, 15) is 4.39 Å². The van der Waals surface area contributed by atoms with Gasteiger partial charge in [0.05, 0.1) is 5.70 Å². The molecule has 0 aliphatic heterocycles. The molecule has 0 bridgehead atoms. The average molecular weight is 385 g/mol. The summed E-state index contributed by atoms with van der Waals surface area (Å²) in [6.45, 7) is 7.92. The maximum atomic E-state index is 13.9. The summed E-state index contributed by atoms with van der Waals surface area (Å²) < 4.78 is 19.3. The molecule has 1 rings (SSSR count). The highest BCUT2D eigenvalue weighted by atomic mass is 35.5. The summed E-state index contributed by atoms with van der Waals surface area (Å²) in [4.78, 5) is 2.27. The normalized spacial score (nSPS) is 13.1. The van der Waals surface area contributed by atoms with E-state index in [0.717, 1.165) is 26.1 Å². The Hall–Kier alpha value is -1.76. The van der Waals surface area contributed by atoms with Crippen LogP contribution in [0.5, 0.6) is 0 Å². The molecule has 0 unspecified atom stereocenters. The molecule has 0 aliphatic rings. The van der Waals surface area contributed by atoms with Gasteiger partial charge in [0, 0.05) is 30.2 Å². The van der Waals surface area contributed by atoms with Crippen molar-refractivity contribution in [3.05, 3.63) is 52.3 Å². The third kappa shape index (κ3) is 8.08. The number of hydrogen-bond donors (Lipinski definition) is 3. The summed E-state index contributed by atoms with van der Waals surface area (Å²) in [6, 6.07) is 4.36. The zero-order valence-electron chi connectivity index (χ0n) is 15.8. The van der Waals surface area contributed by atoms with E-state index >= 15 is 0 Å². The van der Waals surface area contributed by atoms with E-state index in [1.807, 2.05) is 0 Å². The van der Waals surface area contributed by atoms with Crippen LogP contribution < -0.4 is 16.8 Å². The maximum Gasteiger partial charge on any atom is 0.207 e. The van der Waals surface area contributed by atoms with Crippen LogP contribution in [0.2, 0.25) is 5.02 Å². The van der Waals surface area contributed by atoms with Crippen molar-refractivity contribution in [1.29, 1.82) is 0 Å². The van der Waals surface area contributed by atoms with Crippen LogP contribution in [0, 0.1) is 5.82 Å². The number of rotatable bonds is 11. The van der Waals surface area contributed by atoms with Crippen LogP contribution in [-0.4, -0.2) is 44.7 Å². The van der Waals surface area contributed by atoms with Crippen LogP contribution in [0.4, 0.5) is 4.39 Å². The Labute approximate surface area is 160 Å². The Kier molecular flexibility index (Phi) is 10.1. The summed E-state index contributed by atoms with van der Waals surface area (Å²) >= 11 is 5.91. The fourth-order valence-electron chi connectivity index (χ4n) is 2.39. The molecule has 146 valence electrons. The molecule has 0 aromatic heterocycles. The summed E-state index contributed by atoms with van der Waals surface area (Å²) in [7, 11) is 2.10. The molecule has 1 aromatic rings. The summed E-state index contributed by atoms with van der Waals surface area (Å²) in [6.07, 6.45) is 2.73. The fourth-order valence-corrected chi connectivity index (χ4v) is 2.56. The van der Waals surface area contributed by atoms with Gasteiger partial charge in [-0.25, -0.2) is 4.39 Å². The lowest BCUT2D eigenvalue weighted by Crippen LogP contribution is -2.31. The molecule has 0 atom stereocenters. The largest absolute Gasteiger partial charge is 0.477 e. The standard InChI is InChI=1S/C19H30ClFN4O/c1-4-9-25(3)10-7-24-8-11-26-19(23)18(22)12-14(2)16-13-15(20)5-6-17(16)21/h5-6,12-13,24H,4,7-11,22-23H2,1-3H3/b14-12+,19-18-. The molecule has 0 spiro atoms. The first-order chi connectivity index (χ1) is 12.3. The molecular weight excluding hydrogens is 355 g/mol. The molecular formula is C19H30ClFN4O. The van der Waals surface area contributed by atoms with Gasteiger partial charge in [0.25, 0.3) is 0 Å². The Morgan fingerprint density at radius 2 is 2.04 bits per heavy atom. The van der Waals surface area contributed by atoms with E-state index in [4.69, 9.17) is 27.8 Å². The van der Waals surface area contributed by atoms with Gasteiger partial charge in [0.1, 0.15) is 12.4 Å². The molecule has 0 aliphatic carbocycles. The first-order valence-electron chi connectivity index (χ1n) is 8.76. The first kappa shape index (κ1) is 22.3. The van der Waals surface area contributed by atoms with E-state index in [-0.39, 0.29) is 17.4 Å². The highest BCUT2D eigenvalue weighted by Gasteiger charge is 2.07. The second-order valence-corrected chi connectivity index (χ2v) is 6.61. The molecule has 5 nitrogen and oxygen atoms in total. The van der Waals surface area contributed by atoms with Gasteiger partial charge in [0.15, 0.2) is 0 Å². The number of nitrogens with one attached hydrogen (secondary N) is 1. The number of ether oxygens (including phenoxy) is 1. The second kappa shape index (κ2) is 11.8. The SMILES string of the molecule is CCCN(C)CCNCCO/C(N)=C(N)/C=C(\C)c1cc(Cl)ccc1F. The number of nitrogens with zero attached hydrogens (tertiary/aromatic N) is 1. The van der Waals surface area contributed by atoms with Gasteiger partial charge in [0.2, 0.25) is 5.88 Å². The van der Waals surface area contributed by atoms with Crippen molar-refractivity contribution in [2.75, 3.05) is 39.8 Å². The van der Waals surface area contributed by atoms with Gasteiger partial charge in [-0.2, -0.15) is 0 Å². The van der Waals surface area contributed by atoms with E-state index in [1.54, 1.807) is 19.1 Å². The van der Waals surface area contributed by atoms with Gasteiger partial charge >= 0.3 is 0 Å². The van der Waals surface area contributed by atoms with E-state index in [2.05, 4.69) is 24.2 Å². The van der Waals surface area contributed by atoms with Gasteiger partial charge in [-0.05, 0) is 56.8 Å².